The summed E-state index contributed by atoms with van der Waals surface area (Å²) in [5.41, 5.74) is 3.81. The maximum atomic E-state index is 12.5. The van der Waals surface area contributed by atoms with E-state index in [4.69, 9.17) is 18.9 Å². The molecule has 0 unspecified atom stereocenters. The van der Waals surface area contributed by atoms with Gasteiger partial charge in [-0.3, -0.25) is 15.9 Å². The van der Waals surface area contributed by atoms with E-state index in [1.54, 1.807) is 30.3 Å². The molecular weight excluding hydrogens is 594 g/mol. The molecule has 12 nitrogen and oxygen atoms in total. The Labute approximate surface area is 301 Å². The molecule has 0 saturated heterocycles. The number of carbonyl (C=O) groups excluding carboxylic acids is 4. The van der Waals surface area contributed by atoms with Gasteiger partial charge in [0.25, 0.3) is 0 Å². The molecule has 0 aromatic heterocycles. The van der Waals surface area contributed by atoms with Gasteiger partial charge in [-0.2, -0.15) is 0 Å². The number of ether oxygens (including phenoxy) is 4. The van der Waals surface area contributed by atoms with Crippen molar-refractivity contribution in [1.29, 1.82) is 0 Å². The minimum absolute atomic E-state index is 0. The van der Waals surface area contributed by atoms with E-state index >= 15 is 0 Å². The van der Waals surface area contributed by atoms with Crippen molar-refractivity contribution in [3.8, 4) is 23.0 Å². The monoisotopic (exact) mass is 629 g/mol. The van der Waals surface area contributed by atoms with Crippen LogP contribution in [-0.2, 0) is 45.4 Å². The average molecular weight is 630 g/mol. The molecule has 2 heterocycles. The Bertz CT molecular complexity index is 1320. The molecule has 1 N–H and O–H groups in total. The summed E-state index contributed by atoms with van der Waals surface area (Å²) in [5, 5.41) is 11.0. The molecule has 0 radical (unpaired) electrons. The number of methoxy groups -OCH3 is 2. The summed E-state index contributed by atoms with van der Waals surface area (Å²) in [5.74, 6) is -0.165. The fourth-order valence-electron chi connectivity index (χ4n) is 4.92. The summed E-state index contributed by atoms with van der Waals surface area (Å²) in [6.07, 6.45) is 2.46. The van der Waals surface area contributed by atoms with Gasteiger partial charge in [0.05, 0.1) is 27.4 Å². The van der Waals surface area contributed by atoms with Crippen molar-refractivity contribution < 1.29 is 108 Å². The fourth-order valence-corrected chi connectivity index (χ4v) is 4.92. The van der Waals surface area contributed by atoms with E-state index in [0.717, 1.165) is 22.3 Å². The van der Waals surface area contributed by atoms with E-state index < -0.39 is 11.9 Å². The molecule has 4 rings (SSSR count). The molecule has 14 heteroatoms. The zero-order chi connectivity index (χ0) is 29.5. The molecule has 0 bridgehead atoms. The number of benzene rings is 2. The maximum Gasteiger partial charge on any atom is 1.00 e. The van der Waals surface area contributed by atoms with Crippen LogP contribution in [0.3, 0.4) is 0 Å². The van der Waals surface area contributed by atoms with E-state index in [1.807, 2.05) is 24.3 Å². The predicted molar refractivity (Wildman–Crippen MR) is 146 cm³/mol. The number of aliphatic carboxylic acids is 1. The van der Waals surface area contributed by atoms with Crippen LogP contribution in [-0.4, -0.2) is 66.8 Å². The quantitative estimate of drug-likeness (QED) is 0.114. The summed E-state index contributed by atoms with van der Waals surface area (Å²) < 4.78 is 23.0. The molecule has 44 heavy (non-hydrogen) atoms. The predicted octanol–water partition coefficient (Wildman–Crippen LogP) is -4.27. The molecule has 2 amide bonds. The molecular formula is C30H35N2Na2O10-. The summed E-state index contributed by atoms with van der Waals surface area (Å²) in [6.45, 7) is 3.84. The first-order valence-corrected chi connectivity index (χ1v) is 13.5. The molecule has 2 aliphatic heterocycles. The van der Waals surface area contributed by atoms with Crippen LogP contribution in [0, 0.1) is 5.92 Å². The van der Waals surface area contributed by atoms with Crippen molar-refractivity contribution >= 4 is 24.1 Å². The molecule has 1 atom stereocenters. The van der Waals surface area contributed by atoms with Crippen molar-refractivity contribution in [3.63, 3.8) is 0 Å². The first kappa shape index (κ1) is 39.7. The van der Waals surface area contributed by atoms with E-state index in [9.17, 15) is 24.3 Å². The standard InChI is InChI=1S/C30H35N2O9.2Na.H2O/c1-19(30(36)37)10-29(35)32-17-21-12-25(39-3)27(14-23(21)18-32)41-9-5-8-40-26-13-22-16-31(28(34)6-4-7-33)15-20(22)11-24(26)38-2;;;/h11-14,19H,4-6,8-10,15-18H2,1-3H3,(H,36,37);;;1H2/q-1;2*+1;/p-2/t19-;;;/m0.../s1. The third kappa shape index (κ3) is 9.84. The van der Waals surface area contributed by atoms with Gasteiger partial charge in [0.15, 0.2) is 23.0 Å². The van der Waals surface area contributed by atoms with E-state index in [2.05, 4.69) is 0 Å². The molecule has 228 valence electrons. The molecule has 0 fully saturated rings. The largest absolute Gasteiger partial charge is 1.00 e. The summed E-state index contributed by atoms with van der Waals surface area (Å²) in [7, 11) is 3.11. The van der Waals surface area contributed by atoms with Crippen molar-refractivity contribution in [3.05, 3.63) is 46.5 Å². The number of fused-ring (bicyclic) bond motifs is 2. The van der Waals surface area contributed by atoms with Crippen molar-refractivity contribution in [2.24, 2.45) is 5.92 Å². The number of nitrogens with zero attached hydrogens (tertiary/aromatic N) is 2. The first-order chi connectivity index (χ1) is 19.7. The fraction of sp³-hybridized carbons (Fsp3) is 0.467. The SMILES string of the molecule is COc1cc2c(cc1OCCCOc1cc3c(cc1OC)CN(C(=O)C[C@H](C)C(=O)[O-])C3)CN(C(=O)CC[C-]=O)C2.[Na+].[Na+].[OH-]. The molecule has 2 aromatic carbocycles. The molecule has 0 spiro atoms. The number of hydrogen-bond donors (Lipinski definition) is 0. The Morgan fingerprint density at radius 2 is 1.20 bits per heavy atom. The van der Waals surface area contributed by atoms with E-state index in [1.165, 1.54) is 6.92 Å². The zero-order valence-electron chi connectivity index (χ0n) is 26.0. The molecule has 0 aliphatic carbocycles. The van der Waals surface area contributed by atoms with Crippen LogP contribution in [0.1, 0.15) is 54.9 Å². The number of carboxylic acid groups (broad SMARTS) is 1. The number of carboxylic acids is 1. The van der Waals surface area contributed by atoms with Crippen molar-refractivity contribution in [2.75, 3.05) is 27.4 Å². The second kappa shape index (κ2) is 18.6. The van der Waals surface area contributed by atoms with Crippen molar-refractivity contribution in [1.82, 2.24) is 9.80 Å². The Morgan fingerprint density at radius 1 is 0.795 bits per heavy atom. The van der Waals surface area contributed by atoms with Crippen LogP contribution < -0.4 is 83.2 Å². The van der Waals surface area contributed by atoms with Gasteiger partial charge >= 0.3 is 59.1 Å². The number of rotatable bonds is 14. The average Bonchev–Trinajstić information content (AvgIpc) is 3.58. The summed E-state index contributed by atoms with van der Waals surface area (Å²) in [4.78, 5) is 49.7. The number of hydrogen-bond acceptors (Lipinski definition) is 10. The molecule has 2 aromatic rings. The van der Waals surface area contributed by atoms with Gasteiger partial charge in [0, 0.05) is 57.3 Å². The van der Waals surface area contributed by atoms with Crippen LogP contribution in [0.2, 0.25) is 0 Å². The maximum absolute atomic E-state index is 12.5. The van der Waals surface area contributed by atoms with Gasteiger partial charge in [-0.25, -0.2) is 0 Å². The summed E-state index contributed by atoms with van der Waals surface area (Å²) >= 11 is 0. The van der Waals surface area contributed by atoms with Gasteiger partial charge in [-0.1, -0.05) is 6.92 Å². The van der Waals surface area contributed by atoms with Crippen LogP contribution >= 0.6 is 0 Å². The molecule has 0 saturated carbocycles. The van der Waals surface area contributed by atoms with E-state index in [-0.39, 0.29) is 95.7 Å². The Hall–Kier alpha value is -2.32. The number of carbonyl (C=O) groups is 3. The Kier molecular flexibility index (Phi) is 16.8. The Morgan fingerprint density at radius 3 is 1.59 bits per heavy atom. The zero-order valence-corrected chi connectivity index (χ0v) is 30.0. The number of amides is 2. The third-order valence-corrected chi connectivity index (χ3v) is 7.25. The van der Waals surface area contributed by atoms with Gasteiger partial charge in [0.2, 0.25) is 11.8 Å². The van der Waals surface area contributed by atoms with Crippen LogP contribution in [0.5, 0.6) is 23.0 Å². The van der Waals surface area contributed by atoms with Crippen LogP contribution in [0.25, 0.3) is 0 Å². The van der Waals surface area contributed by atoms with Gasteiger partial charge in [-0.05, 0) is 46.5 Å². The topological polar surface area (TPSA) is 165 Å². The van der Waals surface area contributed by atoms with Gasteiger partial charge in [-0.15, -0.1) is 6.42 Å². The van der Waals surface area contributed by atoms with Crippen LogP contribution in [0.15, 0.2) is 24.3 Å². The second-order valence-corrected chi connectivity index (χ2v) is 10.2. The third-order valence-electron chi connectivity index (χ3n) is 7.25. The van der Waals surface area contributed by atoms with Crippen LogP contribution in [0.4, 0.5) is 0 Å². The second-order valence-electron chi connectivity index (χ2n) is 10.2. The minimum Gasteiger partial charge on any atom is -0.870 e. The van der Waals surface area contributed by atoms with Crippen molar-refractivity contribution in [2.45, 2.75) is 58.8 Å². The van der Waals surface area contributed by atoms with Gasteiger partial charge in [0.1, 0.15) is 0 Å². The summed E-state index contributed by atoms with van der Waals surface area (Å²) in [6, 6.07) is 7.47. The Balaban J connectivity index is 0.00000323. The first-order valence-electron chi connectivity index (χ1n) is 13.5. The molecule has 2 aliphatic rings. The van der Waals surface area contributed by atoms with Gasteiger partial charge < -0.3 is 48.9 Å². The normalized spacial score (nSPS) is 13.2. The van der Waals surface area contributed by atoms with E-state index in [0.29, 0.717) is 68.8 Å². The minimum atomic E-state index is -1.24. The smallest absolute Gasteiger partial charge is 0.870 e.